The first-order valence-corrected chi connectivity index (χ1v) is 11.1. The van der Waals surface area contributed by atoms with Crippen molar-refractivity contribution in [3.05, 3.63) is 57.8 Å². The summed E-state index contributed by atoms with van der Waals surface area (Å²) in [7, 11) is 0. The van der Waals surface area contributed by atoms with E-state index in [1.807, 2.05) is 35.2 Å². The van der Waals surface area contributed by atoms with E-state index in [1.165, 1.54) is 11.0 Å². The van der Waals surface area contributed by atoms with Crippen molar-refractivity contribution in [2.45, 2.75) is 19.1 Å². The number of amides is 2. The number of carbonyl (C=O) groups excluding carboxylic acids is 1. The van der Waals surface area contributed by atoms with Gasteiger partial charge in [-0.1, -0.05) is 30.3 Å². The summed E-state index contributed by atoms with van der Waals surface area (Å²) in [5, 5.41) is 11.8. The van der Waals surface area contributed by atoms with Crippen molar-refractivity contribution in [2.24, 2.45) is 0 Å². The third-order valence-electron chi connectivity index (χ3n) is 5.56. The molecule has 4 rings (SSSR count). The van der Waals surface area contributed by atoms with E-state index in [-0.39, 0.29) is 19.6 Å². The average Bonchev–Trinajstić information content (AvgIpc) is 2.81. The van der Waals surface area contributed by atoms with Gasteiger partial charge in [0.25, 0.3) is 0 Å². The van der Waals surface area contributed by atoms with Crippen molar-refractivity contribution in [1.82, 2.24) is 10.2 Å². The topological polar surface area (TPSA) is 91.3 Å². The molecule has 2 aliphatic heterocycles. The number of alkyl carbamates (subject to hydrolysis) is 1. The molecule has 2 heterocycles. The molecule has 0 bridgehead atoms. The molecule has 1 saturated heterocycles. The molecule has 8 nitrogen and oxygen atoms in total. The number of fused-ring (bicyclic) bond motifs is 1. The number of rotatable bonds is 4. The van der Waals surface area contributed by atoms with Crippen molar-refractivity contribution >= 4 is 33.8 Å². The molecule has 2 N–H and O–H groups in total. The van der Waals surface area contributed by atoms with Crippen LogP contribution in [0.4, 0.5) is 19.7 Å². The van der Waals surface area contributed by atoms with Gasteiger partial charge in [0.1, 0.15) is 24.8 Å². The number of anilines is 1. The van der Waals surface area contributed by atoms with Crippen molar-refractivity contribution in [1.29, 1.82) is 0 Å². The largest absolute Gasteiger partial charge is 0.490 e. The number of ether oxygens (including phenoxy) is 2. The van der Waals surface area contributed by atoms with Gasteiger partial charge < -0.3 is 29.7 Å². The van der Waals surface area contributed by atoms with Gasteiger partial charge in [0.05, 0.1) is 16.2 Å². The molecule has 10 heteroatoms. The van der Waals surface area contributed by atoms with Crippen LogP contribution < -0.4 is 15.0 Å². The lowest BCUT2D eigenvalue weighted by atomic mass is 10.0. The molecule has 1 unspecified atom stereocenters. The Hall–Kier alpha value is -3.01. The van der Waals surface area contributed by atoms with Crippen molar-refractivity contribution < 1.29 is 28.6 Å². The molecule has 0 aromatic heterocycles. The minimum atomic E-state index is -0.954. The van der Waals surface area contributed by atoms with Crippen molar-refractivity contribution in [3.63, 3.8) is 0 Å². The summed E-state index contributed by atoms with van der Waals surface area (Å²) < 4.78 is 26.7. The van der Waals surface area contributed by atoms with E-state index in [1.54, 1.807) is 0 Å². The molecule has 1 fully saturated rings. The molecule has 170 valence electrons. The predicted octanol–water partition coefficient (Wildman–Crippen LogP) is 3.62. The van der Waals surface area contributed by atoms with Crippen LogP contribution in [-0.2, 0) is 17.8 Å². The van der Waals surface area contributed by atoms with Gasteiger partial charge in [0.2, 0.25) is 0 Å². The Balaban J connectivity index is 1.39. The molecule has 0 radical (unpaired) electrons. The summed E-state index contributed by atoms with van der Waals surface area (Å²) in [6.07, 6.45) is -1.27. The molecule has 2 aromatic carbocycles. The van der Waals surface area contributed by atoms with E-state index < -0.39 is 24.0 Å². The first-order valence-electron chi connectivity index (χ1n) is 10.3. The van der Waals surface area contributed by atoms with Crippen LogP contribution in [0.5, 0.6) is 5.75 Å². The molecule has 2 aromatic rings. The summed E-state index contributed by atoms with van der Waals surface area (Å²) in [6.45, 7) is 1.94. The van der Waals surface area contributed by atoms with Gasteiger partial charge >= 0.3 is 12.2 Å². The van der Waals surface area contributed by atoms with Gasteiger partial charge in [-0.2, -0.15) is 0 Å². The molecule has 2 aliphatic rings. The van der Waals surface area contributed by atoms with Crippen LogP contribution in [0.2, 0.25) is 0 Å². The summed E-state index contributed by atoms with van der Waals surface area (Å²) in [4.78, 5) is 26.5. The highest BCUT2D eigenvalue weighted by Gasteiger charge is 2.30. The fourth-order valence-electron chi connectivity index (χ4n) is 3.85. The maximum absolute atomic E-state index is 15.0. The fourth-order valence-corrected chi connectivity index (χ4v) is 4.57. The second kappa shape index (κ2) is 9.64. The van der Waals surface area contributed by atoms with Gasteiger partial charge in [0, 0.05) is 38.2 Å². The van der Waals surface area contributed by atoms with Crippen LogP contribution in [-0.4, -0.2) is 61.0 Å². The quantitative estimate of drug-likeness (QED) is 0.656. The van der Waals surface area contributed by atoms with Gasteiger partial charge in [-0.3, -0.25) is 0 Å². The van der Waals surface area contributed by atoms with E-state index in [9.17, 15) is 14.0 Å². The van der Waals surface area contributed by atoms with Crippen LogP contribution in [0.1, 0.15) is 11.1 Å². The van der Waals surface area contributed by atoms with E-state index in [2.05, 4.69) is 21.2 Å². The number of halogens is 2. The number of benzene rings is 2. The van der Waals surface area contributed by atoms with Crippen molar-refractivity contribution in [3.8, 4) is 5.75 Å². The van der Waals surface area contributed by atoms with Gasteiger partial charge in [-0.15, -0.1) is 0 Å². The van der Waals surface area contributed by atoms with Crippen LogP contribution in [0, 0.1) is 5.82 Å². The maximum Gasteiger partial charge on any atom is 0.407 e. The maximum atomic E-state index is 15.0. The minimum Gasteiger partial charge on any atom is -0.490 e. The van der Waals surface area contributed by atoms with Crippen LogP contribution in [0.25, 0.3) is 0 Å². The summed E-state index contributed by atoms with van der Waals surface area (Å²) in [5.74, 6) is -0.0145. The first-order chi connectivity index (χ1) is 15.4. The van der Waals surface area contributed by atoms with Crippen molar-refractivity contribution in [2.75, 3.05) is 37.7 Å². The monoisotopic (exact) mass is 507 g/mol. The Kier molecular flexibility index (Phi) is 6.69. The van der Waals surface area contributed by atoms with Gasteiger partial charge in [-0.05, 0) is 27.6 Å². The third-order valence-corrected chi connectivity index (χ3v) is 6.32. The zero-order valence-corrected chi connectivity index (χ0v) is 18.8. The number of piperazine rings is 1. The molecule has 0 saturated carbocycles. The van der Waals surface area contributed by atoms with E-state index in [0.29, 0.717) is 47.7 Å². The highest BCUT2D eigenvalue weighted by Crippen LogP contribution is 2.42. The number of hydrogen-bond donors (Lipinski definition) is 2. The summed E-state index contributed by atoms with van der Waals surface area (Å²) in [5.41, 5.74) is 1.88. The number of carbonyl (C=O) groups is 2. The highest BCUT2D eigenvalue weighted by atomic mass is 79.9. The Labute approximate surface area is 193 Å². The Morgan fingerprint density at radius 3 is 2.62 bits per heavy atom. The van der Waals surface area contributed by atoms with Gasteiger partial charge in [0.15, 0.2) is 0 Å². The molecule has 0 spiro atoms. The SMILES string of the molecule is O=C(NC1COc2c(Br)c(N3CCN(C(=O)O)CC3)cc(F)c2C1)OCc1ccccc1. The molecule has 0 aliphatic carbocycles. The highest BCUT2D eigenvalue weighted by molar-refractivity contribution is 9.10. The summed E-state index contributed by atoms with van der Waals surface area (Å²) in [6, 6.07) is 10.3. The van der Waals surface area contributed by atoms with Gasteiger partial charge in [-0.25, -0.2) is 14.0 Å². The summed E-state index contributed by atoms with van der Waals surface area (Å²) >= 11 is 3.53. The zero-order chi connectivity index (χ0) is 22.7. The van der Waals surface area contributed by atoms with Crippen LogP contribution in [0.15, 0.2) is 40.9 Å². The first kappa shape index (κ1) is 22.2. The fraction of sp³-hybridized carbons (Fsp3) is 0.364. The molecular weight excluding hydrogens is 485 g/mol. The number of nitrogens with one attached hydrogen (secondary N) is 1. The van der Waals surface area contributed by atoms with E-state index in [4.69, 9.17) is 14.6 Å². The Morgan fingerprint density at radius 2 is 1.94 bits per heavy atom. The van der Waals surface area contributed by atoms with E-state index >= 15 is 0 Å². The Morgan fingerprint density at radius 1 is 1.22 bits per heavy atom. The lowest BCUT2D eigenvalue weighted by Gasteiger charge is -2.36. The molecule has 2 amide bonds. The lowest BCUT2D eigenvalue weighted by Crippen LogP contribution is -2.48. The number of hydrogen-bond acceptors (Lipinski definition) is 5. The molecule has 32 heavy (non-hydrogen) atoms. The molecule has 1 atom stereocenters. The third kappa shape index (κ3) is 4.90. The van der Waals surface area contributed by atoms with Crippen LogP contribution >= 0.6 is 15.9 Å². The second-order valence-corrected chi connectivity index (χ2v) is 8.47. The van der Waals surface area contributed by atoms with E-state index in [0.717, 1.165) is 5.56 Å². The Bertz CT molecular complexity index is 999. The number of carboxylic acid groups (broad SMARTS) is 1. The number of nitrogens with zero attached hydrogens (tertiary/aromatic N) is 2. The minimum absolute atomic E-state index is 0.148. The lowest BCUT2D eigenvalue weighted by molar-refractivity contribution is 0.128. The zero-order valence-electron chi connectivity index (χ0n) is 17.2. The standard InChI is InChI=1S/C22H23BrFN3O5/c23-19-18(26-6-8-27(9-7-26)22(29)30)11-17(24)16-10-15(13-31-20(16)19)25-21(28)32-12-14-4-2-1-3-5-14/h1-5,11,15H,6-10,12-13H2,(H,25,28)(H,29,30). The smallest absolute Gasteiger partial charge is 0.407 e. The second-order valence-electron chi connectivity index (χ2n) is 7.67. The average molecular weight is 508 g/mol. The molecular formula is C22H23BrFN3O5. The predicted molar refractivity (Wildman–Crippen MR) is 119 cm³/mol. The normalized spacial score (nSPS) is 17.9. The van der Waals surface area contributed by atoms with Crippen LogP contribution in [0.3, 0.4) is 0 Å².